The number of rotatable bonds is 6. The lowest BCUT2D eigenvalue weighted by Crippen LogP contribution is -2.06. The van der Waals surface area contributed by atoms with Crippen molar-refractivity contribution in [3.8, 4) is 0 Å². The summed E-state index contributed by atoms with van der Waals surface area (Å²) in [7, 11) is 0. The molecule has 0 spiro atoms. The van der Waals surface area contributed by atoms with Gasteiger partial charge >= 0.3 is 0 Å². The normalized spacial score (nSPS) is 15.8. The Kier molecular flexibility index (Phi) is 3.75. The fourth-order valence-electron chi connectivity index (χ4n) is 2.63. The molecule has 0 bridgehead atoms. The van der Waals surface area contributed by atoms with Crippen molar-refractivity contribution in [2.75, 3.05) is 5.73 Å². The molecule has 96 valence electrons. The van der Waals surface area contributed by atoms with E-state index in [-0.39, 0.29) is 0 Å². The number of nitrogens with two attached hydrogens (primary N) is 1. The minimum atomic E-state index is 0.533. The van der Waals surface area contributed by atoms with Gasteiger partial charge in [0.25, 0.3) is 0 Å². The van der Waals surface area contributed by atoms with Gasteiger partial charge in [-0.15, -0.1) is 0 Å². The maximum atomic E-state index is 6.33. The Balaban J connectivity index is 2.36. The first-order chi connectivity index (χ1) is 8.22. The molecule has 1 saturated carbocycles. The van der Waals surface area contributed by atoms with Crippen LogP contribution in [0.1, 0.15) is 76.4 Å². The highest BCUT2D eigenvalue weighted by atomic mass is 15.2. The molecule has 0 amide bonds. The molecule has 3 heteroatoms. The summed E-state index contributed by atoms with van der Waals surface area (Å²) in [6.45, 7) is 6.66. The van der Waals surface area contributed by atoms with Crippen molar-refractivity contribution in [3.05, 3.63) is 11.5 Å². The van der Waals surface area contributed by atoms with Crippen LogP contribution in [0.3, 0.4) is 0 Å². The number of aromatic nitrogens is 2. The largest absolute Gasteiger partial charge is 0.384 e. The van der Waals surface area contributed by atoms with E-state index in [2.05, 4.69) is 25.3 Å². The molecule has 0 radical (unpaired) electrons. The molecule has 2 rings (SSSR count). The Labute approximate surface area is 104 Å². The van der Waals surface area contributed by atoms with Crippen LogP contribution < -0.4 is 5.73 Å². The first-order valence-corrected chi connectivity index (χ1v) is 7.09. The zero-order valence-electron chi connectivity index (χ0n) is 11.4. The molecular formula is C14H25N3. The predicted octanol–water partition coefficient (Wildman–Crippen LogP) is 3.66. The van der Waals surface area contributed by atoms with E-state index in [1.807, 2.05) is 0 Å². The molecule has 0 unspecified atom stereocenters. The Morgan fingerprint density at radius 1 is 1.29 bits per heavy atom. The van der Waals surface area contributed by atoms with Crippen molar-refractivity contribution in [2.45, 2.75) is 71.3 Å². The maximum absolute atomic E-state index is 6.33. The van der Waals surface area contributed by atoms with Gasteiger partial charge in [-0.25, -0.2) is 4.98 Å². The molecular weight excluding hydrogens is 210 g/mol. The molecule has 1 fully saturated rings. The molecule has 0 aromatic carbocycles. The number of anilines is 1. The molecule has 1 aromatic heterocycles. The summed E-state index contributed by atoms with van der Waals surface area (Å²) < 4.78 is 2.32. The van der Waals surface area contributed by atoms with Crippen molar-refractivity contribution in [1.82, 2.24) is 9.55 Å². The lowest BCUT2D eigenvalue weighted by molar-refractivity contribution is 0.626. The second kappa shape index (κ2) is 5.11. The topological polar surface area (TPSA) is 43.8 Å². The summed E-state index contributed by atoms with van der Waals surface area (Å²) >= 11 is 0. The fourth-order valence-corrected chi connectivity index (χ4v) is 2.63. The highest BCUT2D eigenvalue weighted by molar-refractivity contribution is 5.42. The van der Waals surface area contributed by atoms with Gasteiger partial charge in [0.2, 0.25) is 0 Å². The van der Waals surface area contributed by atoms with Crippen molar-refractivity contribution < 1.29 is 0 Å². The van der Waals surface area contributed by atoms with Crippen LogP contribution in [0, 0.1) is 0 Å². The van der Waals surface area contributed by atoms with Gasteiger partial charge < -0.3 is 10.3 Å². The average molecular weight is 235 g/mol. The van der Waals surface area contributed by atoms with E-state index in [0.29, 0.717) is 12.0 Å². The molecule has 2 N–H and O–H groups in total. The van der Waals surface area contributed by atoms with Crippen molar-refractivity contribution in [2.24, 2.45) is 0 Å². The third-order valence-electron chi connectivity index (χ3n) is 3.81. The van der Waals surface area contributed by atoms with Gasteiger partial charge in [-0.2, -0.15) is 0 Å². The minimum Gasteiger partial charge on any atom is -0.384 e. The van der Waals surface area contributed by atoms with E-state index in [9.17, 15) is 0 Å². The first kappa shape index (κ1) is 12.5. The third kappa shape index (κ3) is 2.33. The number of aryl methyl sites for hydroxylation is 1. The maximum Gasteiger partial charge on any atom is 0.127 e. The van der Waals surface area contributed by atoms with Gasteiger partial charge in [0, 0.05) is 18.4 Å². The summed E-state index contributed by atoms with van der Waals surface area (Å²) in [6.07, 6.45) is 7.02. The van der Waals surface area contributed by atoms with Crippen LogP contribution in [0.25, 0.3) is 0 Å². The van der Waals surface area contributed by atoms with Crippen LogP contribution in [0.2, 0.25) is 0 Å². The predicted molar refractivity (Wildman–Crippen MR) is 72.2 cm³/mol. The zero-order chi connectivity index (χ0) is 12.4. The molecule has 1 aliphatic carbocycles. The van der Waals surface area contributed by atoms with Crippen LogP contribution in [0.4, 0.5) is 5.82 Å². The summed E-state index contributed by atoms with van der Waals surface area (Å²) in [4.78, 5) is 4.84. The van der Waals surface area contributed by atoms with Gasteiger partial charge in [0.05, 0.1) is 5.69 Å². The standard InChI is InChI=1S/C14H25N3/c1-4-7-12-16-13(10(5-2)6-3)14(15)17(12)11-8-9-11/h10-11H,4-9,15H2,1-3H3. The SMILES string of the molecule is CCCc1nc(C(CC)CC)c(N)n1C1CC1. The van der Waals surface area contributed by atoms with E-state index in [4.69, 9.17) is 10.7 Å². The van der Waals surface area contributed by atoms with Crippen LogP contribution in [0.5, 0.6) is 0 Å². The van der Waals surface area contributed by atoms with E-state index in [1.54, 1.807) is 0 Å². The Morgan fingerprint density at radius 3 is 2.41 bits per heavy atom. The van der Waals surface area contributed by atoms with E-state index < -0.39 is 0 Å². The van der Waals surface area contributed by atoms with Crippen LogP contribution >= 0.6 is 0 Å². The second-order valence-corrected chi connectivity index (χ2v) is 5.16. The second-order valence-electron chi connectivity index (χ2n) is 5.16. The summed E-state index contributed by atoms with van der Waals surface area (Å²) in [6, 6.07) is 0.646. The summed E-state index contributed by atoms with van der Waals surface area (Å²) in [5.41, 5.74) is 7.49. The van der Waals surface area contributed by atoms with Crippen molar-refractivity contribution >= 4 is 5.82 Å². The number of hydrogen-bond acceptors (Lipinski definition) is 2. The molecule has 17 heavy (non-hydrogen) atoms. The van der Waals surface area contributed by atoms with E-state index in [0.717, 1.165) is 37.2 Å². The molecule has 0 atom stereocenters. The molecule has 1 aromatic rings. The van der Waals surface area contributed by atoms with Crippen LogP contribution in [-0.2, 0) is 6.42 Å². The van der Waals surface area contributed by atoms with Gasteiger partial charge in [0.15, 0.2) is 0 Å². The molecule has 0 saturated heterocycles. The van der Waals surface area contributed by atoms with Gasteiger partial charge in [0.1, 0.15) is 11.6 Å². The molecule has 3 nitrogen and oxygen atoms in total. The van der Waals surface area contributed by atoms with Crippen LogP contribution in [0.15, 0.2) is 0 Å². The first-order valence-electron chi connectivity index (χ1n) is 7.09. The smallest absolute Gasteiger partial charge is 0.127 e. The number of nitrogen functional groups attached to an aromatic ring is 1. The van der Waals surface area contributed by atoms with Crippen molar-refractivity contribution in [1.29, 1.82) is 0 Å². The lowest BCUT2D eigenvalue weighted by Gasteiger charge is -2.11. The van der Waals surface area contributed by atoms with Crippen LogP contribution in [-0.4, -0.2) is 9.55 Å². The number of nitrogens with zero attached hydrogens (tertiary/aromatic N) is 2. The molecule has 0 aliphatic heterocycles. The van der Waals surface area contributed by atoms with E-state index >= 15 is 0 Å². The lowest BCUT2D eigenvalue weighted by atomic mass is 9.99. The Morgan fingerprint density at radius 2 is 1.94 bits per heavy atom. The molecule has 1 aliphatic rings. The number of hydrogen-bond donors (Lipinski definition) is 1. The van der Waals surface area contributed by atoms with Gasteiger partial charge in [-0.1, -0.05) is 20.8 Å². The fraction of sp³-hybridized carbons (Fsp3) is 0.786. The third-order valence-corrected chi connectivity index (χ3v) is 3.81. The average Bonchev–Trinajstić information content (AvgIpc) is 3.09. The van der Waals surface area contributed by atoms with E-state index in [1.165, 1.54) is 18.7 Å². The minimum absolute atomic E-state index is 0.533. The van der Waals surface area contributed by atoms with Gasteiger partial charge in [-0.05, 0) is 32.1 Å². The summed E-state index contributed by atoms with van der Waals surface area (Å²) in [5, 5.41) is 0. The highest BCUT2D eigenvalue weighted by Crippen LogP contribution is 2.41. The van der Waals surface area contributed by atoms with Crippen molar-refractivity contribution in [3.63, 3.8) is 0 Å². The highest BCUT2D eigenvalue weighted by Gasteiger charge is 2.30. The Bertz CT molecular complexity index is 373. The molecule has 1 heterocycles. The monoisotopic (exact) mass is 235 g/mol. The summed E-state index contributed by atoms with van der Waals surface area (Å²) in [5.74, 6) is 2.70. The number of imidazole rings is 1. The zero-order valence-corrected chi connectivity index (χ0v) is 11.4. The van der Waals surface area contributed by atoms with Gasteiger partial charge in [-0.3, -0.25) is 0 Å². The Hall–Kier alpha value is -0.990. The quantitative estimate of drug-likeness (QED) is 0.817.